The number of rotatable bonds is 2. The summed E-state index contributed by atoms with van der Waals surface area (Å²) in [5.41, 5.74) is -1.05. The van der Waals surface area contributed by atoms with Gasteiger partial charge in [0.1, 0.15) is 4.90 Å². The Morgan fingerprint density at radius 1 is 1.12 bits per heavy atom. The molecule has 134 valence electrons. The zero-order chi connectivity index (χ0) is 17.6. The Bertz CT molecular complexity index is 722. The summed E-state index contributed by atoms with van der Waals surface area (Å²) < 4.78 is 76.1. The van der Waals surface area contributed by atoms with Crippen LogP contribution in [0.5, 0.6) is 0 Å². The first-order chi connectivity index (χ1) is 11.1. The van der Waals surface area contributed by atoms with Gasteiger partial charge in [0.25, 0.3) is 0 Å². The van der Waals surface area contributed by atoms with Gasteiger partial charge in [0.05, 0.1) is 23.8 Å². The monoisotopic (exact) mass is 385 g/mol. The molecule has 5 nitrogen and oxygen atoms in total. The maximum Gasteiger partial charge on any atom is 0.416 e. The summed E-state index contributed by atoms with van der Waals surface area (Å²) in [5, 5.41) is -0.239. The zero-order valence-electron chi connectivity index (χ0n) is 12.5. The number of hydrogen-bond donors (Lipinski definition) is 0. The quantitative estimate of drug-likeness (QED) is 0.785. The van der Waals surface area contributed by atoms with Crippen LogP contribution in [0.3, 0.4) is 0 Å². The summed E-state index contributed by atoms with van der Waals surface area (Å²) in [5.74, 6) is -0.774. The van der Waals surface area contributed by atoms with Crippen molar-refractivity contribution in [2.75, 3.05) is 26.3 Å². The standard InChI is InChI=1S/C14H15ClF3NO4S/c15-11-2-1-10(14(16,17)18)9-12(11)24(20,21)19-5-3-13(4-6-19)22-7-8-23-13/h1-2,9H,3-8H2. The molecule has 10 heteroatoms. The fraction of sp³-hybridized carbons (Fsp3) is 0.571. The molecule has 2 aliphatic heterocycles. The van der Waals surface area contributed by atoms with Gasteiger partial charge in [0, 0.05) is 25.9 Å². The molecule has 0 aromatic heterocycles. The van der Waals surface area contributed by atoms with Gasteiger partial charge in [-0.25, -0.2) is 8.42 Å². The van der Waals surface area contributed by atoms with E-state index in [1.54, 1.807) is 0 Å². The number of piperidine rings is 1. The van der Waals surface area contributed by atoms with Crippen molar-refractivity contribution in [2.24, 2.45) is 0 Å². The van der Waals surface area contributed by atoms with E-state index in [1.165, 1.54) is 0 Å². The normalized spacial score (nSPS) is 22.2. The Balaban J connectivity index is 1.86. The van der Waals surface area contributed by atoms with E-state index in [4.69, 9.17) is 21.1 Å². The lowest BCUT2D eigenvalue weighted by molar-refractivity contribution is -0.179. The Labute approximate surface area is 142 Å². The summed E-state index contributed by atoms with van der Waals surface area (Å²) in [4.78, 5) is -0.539. The van der Waals surface area contributed by atoms with Crippen LogP contribution in [0.4, 0.5) is 13.2 Å². The van der Waals surface area contributed by atoms with Crippen LogP contribution in [-0.4, -0.2) is 44.8 Å². The van der Waals surface area contributed by atoms with E-state index in [9.17, 15) is 21.6 Å². The number of hydrogen-bond acceptors (Lipinski definition) is 4. The summed E-state index contributed by atoms with van der Waals surface area (Å²) >= 11 is 5.85. The highest BCUT2D eigenvalue weighted by atomic mass is 35.5. The molecule has 2 fully saturated rings. The topological polar surface area (TPSA) is 55.8 Å². The van der Waals surface area contributed by atoms with Crippen LogP contribution in [0.2, 0.25) is 5.02 Å². The number of sulfonamides is 1. The van der Waals surface area contributed by atoms with Crippen molar-refractivity contribution in [3.8, 4) is 0 Å². The van der Waals surface area contributed by atoms with Crippen LogP contribution in [0.25, 0.3) is 0 Å². The van der Waals surface area contributed by atoms with E-state index in [0.717, 1.165) is 16.4 Å². The maximum atomic E-state index is 12.8. The van der Waals surface area contributed by atoms with Gasteiger partial charge >= 0.3 is 6.18 Å². The van der Waals surface area contributed by atoms with Crippen LogP contribution >= 0.6 is 11.6 Å². The zero-order valence-corrected chi connectivity index (χ0v) is 14.0. The number of halogens is 4. The first kappa shape index (κ1) is 17.9. The highest BCUT2D eigenvalue weighted by Gasteiger charge is 2.43. The lowest BCUT2D eigenvalue weighted by atomic mass is 10.1. The van der Waals surface area contributed by atoms with E-state index in [-0.39, 0.29) is 18.1 Å². The number of benzene rings is 1. The lowest BCUT2D eigenvalue weighted by Crippen LogP contribution is -2.47. The summed E-state index contributed by atoms with van der Waals surface area (Å²) in [6.07, 6.45) is -4.00. The van der Waals surface area contributed by atoms with Gasteiger partial charge in [-0.2, -0.15) is 17.5 Å². The fourth-order valence-corrected chi connectivity index (χ4v) is 4.81. The van der Waals surface area contributed by atoms with Crippen molar-refractivity contribution < 1.29 is 31.1 Å². The van der Waals surface area contributed by atoms with E-state index in [1.807, 2.05) is 0 Å². The average molecular weight is 386 g/mol. The molecule has 2 aliphatic rings. The minimum atomic E-state index is -4.65. The molecule has 1 aromatic carbocycles. The van der Waals surface area contributed by atoms with Crippen LogP contribution in [0.1, 0.15) is 18.4 Å². The minimum absolute atomic E-state index is 0.0922. The van der Waals surface area contributed by atoms with Crippen molar-refractivity contribution >= 4 is 21.6 Å². The molecule has 2 heterocycles. The SMILES string of the molecule is O=S(=O)(c1cc(C(F)(F)F)ccc1Cl)N1CCC2(CC1)OCCO2. The van der Waals surface area contributed by atoms with Gasteiger partial charge in [-0.3, -0.25) is 0 Å². The Hall–Kier alpha value is -0.870. The predicted molar refractivity (Wildman–Crippen MR) is 79.1 cm³/mol. The first-order valence-electron chi connectivity index (χ1n) is 7.29. The van der Waals surface area contributed by atoms with E-state index >= 15 is 0 Å². The van der Waals surface area contributed by atoms with Crippen LogP contribution in [-0.2, 0) is 25.7 Å². The number of ether oxygens (including phenoxy) is 2. The van der Waals surface area contributed by atoms with Crippen LogP contribution in [0, 0.1) is 0 Å². The van der Waals surface area contributed by atoms with Gasteiger partial charge < -0.3 is 9.47 Å². The predicted octanol–water partition coefficient (Wildman–Crippen LogP) is 2.89. The molecule has 0 saturated carbocycles. The molecule has 0 amide bonds. The third-order valence-electron chi connectivity index (χ3n) is 4.17. The van der Waals surface area contributed by atoms with Gasteiger partial charge in [-0.05, 0) is 18.2 Å². The molecule has 0 unspecified atom stereocenters. The minimum Gasteiger partial charge on any atom is -0.347 e. The highest BCUT2D eigenvalue weighted by Crippen LogP contribution is 2.37. The second-order valence-electron chi connectivity index (χ2n) is 5.65. The van der Waals surface area contributed by atoms with E-state index in [0.29, 0.717) is 32.1 Å². The van der Waals surface area contributed by atoms with Gasteiger partial charge in [-0.15, -0.1) is 0 Å². The highest BCUT2D eigenvalue weighted by molar-refractivity contribution is 7.89. The molecule has 1 aromatic rings. The maximum absolute atomic E-state index is 12.8. The van der Waals surface area contributed by atoms with Gasteiger partial charge in [0.2, 0.25) is 10.0 Å². The summed E-state index contributed by atoms with van der Waals surface area (Å²) in [6.45, 7) is 1.09. The molecule has 0 bridgehead atoms. The molecule has 0 aliphatic carbocycles. The van der Waals surface area contributed by atoms with Crippen molar-refractivity contribution in [3.63, 3.8) is 0 Å². The van der Waals surface area contributed by atoms with Crippen molar-refractivity contribution in [1.82, 2.24) is 4.31 Å². The molecule has 24 heavy (non-hydrogen) atoms. The fourth-order valence-electron chi connectivity index (χ4n) is 2.87. The average Bonchev–Trinajstić information content (AvgIpc) is 2.95. The second kappa shape index (κ2) is 6.14. The van der Waals surface area contributed by atoms with Crippen molar-refractivity contribution in [1.29, 1.82) is 0 Å². The molecular formula is C14H15ClF3NO4S. The second-order valence-corrected chi connectivity index (χ2v) is 7.97. The molecule has 1 spiro atoms. The van der Waals surface area contributed by atoms with Crippen molar-refractivity contribution in [3.05, 3.63) is 28.8 Å². The Morgan fingerprint density at radius 3 is 2.25 bits per heavy atom. The molecule has 0 atom stereocenters. The Morgan fingerprint density at radius 2 is 1.71 bits per heavy atom. The summed E-state index contributed by atoms with van der Waals surface area (Å²) in [7, 11) is -4.13. The Kier molecular flexibility index (Phi) is 4.59. The summed E-state index contributed by atoms with van der Waals surface area (Å²) in [6, 6.07) is 2.28. The molecule has 3 rings (SSSR count). The molecule has 0 N–H and O–H groups in total. The van der Waals surface area contributed by atoms with Crippen molar-refractivity contribution in [2.45, 2.75) is 29.7 Å². The third kappa shape index (κ3) is 3.28. The van der Waals surface area contributed by atoms with Gasteiger partial charge in [-0.1, -0.05) is 11.6 Å². The van der Waals surface area contributed by atoms with Crippen LogP contribution in [0.15, 0.2) is 23.1 Å². The molecule has 0 radical (unpaired) electrons. The van der Waals surface area contributed by atoms with E-state index < -0.39 is 32.4 Å². The number of nitrogens with zero attached hydrogens (tertiary/aromatic N) is 1. The lowest BCUT2D eigenvalue weighted by Gasteiger charge is -2.36. The number of alkyl halides is 3. The third-order valence-corrected chi connectivity index (χ3v) is 6.55. The molecule has 2 saturated heterocycles. The smallest absolute Gasteiger partial charge is 0.347 e. The van der Waals surface area contributed by atoms with Crippen LogP contribution < -0.4 is 0 Å². The largest absolute Gasteiger partial charge is 0.416 e. The molecular weight excluding hydrogens is 371 g/mol. The first-order valence-corrected chi connectivity index (χ1v) is 9.11. The van der Waals surface area contributed by atoms with Gasteiger partial charge in [0.15, 0.2) is 5.79 Å². The van der Waals surface area contributed by atoms with E-state index in [2.05, 4.69) is 0 Å².